The number of sulfonamides is 1. The molecule has 3 aromatic carbocycles. The summed E-state index contributed by atoms with van der Waals surface area (Å²) in [4.78, 5) is 29.2. The van der Waals surface area contributed by atoms with Gasteiger partial charge in [0.25, 0.3) is 10.0 Å². The number of hydrogen-bond donors (Lipinski definition) is 1. The van der Waals surface area contributed by atoms with Crippen molar-refractivity contribution < 1.29 is 22.7 Å². The van der Waals surface area contributed by atoms with E-state index < -0.39 is 28.5 Å². The molecule has 0 unspecified atom stereocenters. The third-order valence-corrected chi connectivity index (χ3v) is 10.3. The van der Waals surface area contributed by atoms with E-state index in [0.29, 0.717) is 32.8 Å². The van der Waals surface area contributed by atoms with Crippen LogP contribution >= 0.6 is 34.8 Å². The first kappa shape index (κ1) is 32.9. The van der Waals surface area contributed by atoms with E-state index in [0.717, 1.165) is 30.0 Å². The minimum atomic E-state index is -4.25. The number of nitrogens with zero attached hydrogens (tertiary/aromatic N) is 2. The first-order valence-corrected chi connectivity index (χ1v) is 16.6. The summed E-state index contributed by atoms with van der Waals surface area (Å²) in [5.41, 5.74) is 0.690. The molecular weight excluding hydrogens is 633 g/mol. The molecule has 4 rings (SSSR count). The summed E-state index contributed by atoms with van der Waals surface area (Å²) in [6, 6.07) is 16.1. The van der Waals surface area contributed by atoms with Crippen molar-refractivity contribution in [3.63, 3.8) is 0 Å². The van der Waals surface area contributed by atoms with Crippen LogP contribution in [0.3, 0.4) is 0 Å². The van der Waals surface area contributed by atoms with Crippen LogP contribution in [0, 0.1) is 0 Å². The number of anilines is 1. The highest BCUT2D eigenvalue weighted by Crippen LogP contribution is 2.30. The molecule has 0 spiro atoms. The van der Waals surface area contributed by atoms with Crippen LogP contribution in [0.5, 0.6) is 5.75 Å². The van der Waals surface area contributed by atoms with Crippen molar-refractivity contribution >= 4 is 62.3 Å². The maximum absolute atomic E-state index is 14.2. The molecule has 0 aromatic heterocycles. The van der Waals surface area contributed by atoms with Gasteiger partial charge in [0, 0.05) is 33.2 Å². The van der Waals surface area contributed by atoms with Crippen molar-refractivity contribution in [3.8, 4) is 5.75 Å². The second kappa shape index (κ2) is 14.7. The average molecular weight is 667 g/mol. The Kier molecular flexibility index (Phi) is 11.2. The van der Waals surface area contributed by atoms with Gasteiger partial charge < -0.3 is 15.0 Å². The van der Waals surface area contributed by atoms with E-state index in [1.54, 1.807) is 37.3 Å². The quantitative estimate of drug-likeness (QED) is 0.232. The number of methoxy groups -OCH3 is 1. The highest BCUT2D eigenvalue weighted by Gasteiger charge is 2.35. The largest absolute Gasteiger partial charge is 0.497 e. The second-order valence-electron chi connectivity index (χ2n) is 10.3. The number of benzene rings is 3. The zero-order chi connectivity index (χ0) is 31.1. The lowest BCUT2D eigenvalue weighted by Gasteiger charge is -2.34. The Morgan fingerprint density at radius 3 is 2.12 bits per heavy atom. The van der Waals surface area contributed by atoms with E-state index in [1.807, 2.05) is 0 Å². The molecule has 1 aliphatic carbocycles. The van der Waals surface area contributed by atoms with E-state index in [2.05, 4.69) is 5.32 Å². The summed E-state index contributed by atoms with van der Waals surface area (Å²) in [6.45, 7) is 1.12. The maximum Gasteiger partial charge on any atom is 0.264 e. The van der Waals surface area contributed by atoms with Crippen molar-refractivity contribution in [2.24, 2.45) is 0 Å². The SMILES string of the molecule is CC[C@H](C(=O)NC1CCCC1)N(Cc1c(Cl)cccc1Cl)C(=O)CN(c1ccc(Cl)cc1)S(=O)(=O)c1ccc(OC)cc1. The van der Waals surface area contributed by atoms with Crippen LogP contribution in [0.4, 0.5) is 5.69 Å². The average Bonchev–Trinajstić information content (AvgIpc) is 3.50. The second-order valence-corrected chi connectivity index (χ2v) is 13.4. The van der Waals surface area contributed by atoms with Crippen molar-refractivity contribution in [1.82, 2.24) is 10.2 Å². The van der Waals surface area contributed by atoms with E-state index in [1.165, 1.54) is 48.4 Å². The van der Waals surface area contributed by atoms with Gasteiger partial charge in [-0.05, 0) is 79.9 Å². The number of ether oxygens (including phenoxy) is 1. The van der Waals surface area contributed by atoms with Crippen LogP contribution < -0.4 is 14.4 Å². The molecule has 230 valence electrons. The van der Waals surface area contributed by atoms with Crippen LogP contribution in [-0.4, -0.2) is 50.9 Å². The molecular formula is C31H34Cl3N3O5S. The zero-order valence-corrected chi connectivity index (χ0v) is 27.0. The predicted molar refractivity (Wildman–Crippen MR) is 170 cm³/mol. The minimum Gasteiger partial charge on any atom is -0.497 e. The summed E-state index contributed by atoms with van der Waals surface area (Å²) in [6.07, 6.45) is 4.09. The summed E-state index contributed by atoms with van der Waals surface area (Å²) in [7, 11) is -2.77. The number of carbonyl (C=O) groups excluding carboxylic acids is 2. The fourth-order valence-corrected chi connectivity index (χ4v) is 7.21. The number of hydrogen-bond acceptors (Lipinski definition) is 5. The molecule has 8 nitrogen and oxygen atoms in total. The van der Waals surface area contributed by atoms with Crippen LogP contribution in [0.1, 0.15) is 44.6 Å². The van der Waals surface area contributed by atoms with Crippen LogP contribution in [-0.2, 0) is 26.2 Å². The van der Waals surface area contributed by atoms with Gasteiger partial charge in [-0.3, -0.25) is 13.9 Å². The summed E-state index contributed by atoms with van der Waals surface area (Å²) < 4.78 is 34.2. The molecule has 43 heavy (non-hydrogen) atoms. The van der Waals surface area contributed by atoms with E-state index in [-0.39, 0.29) is 29.1 Å². The van der Waals surface area contributed by atoms with E-state index in [9.17, 15) is 18.0 Å². The monoisotopic (exact) mass is 665 g/mol. The zero-order valence-electron chi connectivity index (χ0n) is 23.9. The molecule has 0 saturated heterocycles. The van der Waals surface area contributed by atoms with Gasteiger partial charge in [-0.25, -0.2) is 8.42 Å². The normalized spacial score (nSPS) is 14.3. The Balaban J connectivity index is 1.74. The van der Waals surface area contributed by atoms with Crippen molar-refractivity contribution in [2.45, 2.75) is 62.6 Å². The van der Waals surface area contributed by atoms with E-state index >= 15 is 0 Å². The summed E-state index contributed by atoms with van der Waals surface area (Å²) in [5, 5.41) is 4.15. The molecule has 0 bridgehead atoms. The van der Waals surface area contributed by atoms with Gasteiger partial charge in [0.2, 0.25) is 11.8 Å². The van der Waals surface area contributed by atoms with Gasteiger partial charge >= 0.3 is 0 Å². The molecule has 0 aliphatic heterocycles. The molecule has 0 heterocycles. The lowest BCUT2D eigenvalue weighted by atomic mass is 10.1. The van der Waals surface area contributed by atoms with Crippen molar-refractivity contribution in [1.29, 1.82) is 0 Å². The summed E-state index contributed by atoms with van der Waals surface area (Å²) >= 11 is 19.1. The van der Waals surface area contributed by atoms with Gasteiger partial charge in [0.05, 0.1) is 17.7 Å². The highest BCUT2D eigenvalue weighted by molar-refractivity contribution is 7.92. The topological polar surface area (TPSA) is 96.0 Å². The third kappa shape index (κ3) is 7.95. The molecule has 1 aliphatic rings. The molecule has 0 radical (unpaired) electrons. The first-order chi connectivity index (χ1) is 20.5. The fraction of sp³-hybridized carbons (Fsp3) is 0.355. The molecule has 2 amide bonds. The molecule has 3 aromatic rings. The number of rotatable bonds is 12. The lowest BCUT2D eigenvalue weighted by molar-refractivity contribution is -0.140. The molecule has 1 N–H and O–H groups in total. The highest BCUT2D eigenvalue weighted by atomic mass is 35.5. The predicted octanol–water partition coefficient (Wildman–Crippen LogP) is 6.72. The Morgan fingerprint density at radius 1 is 0.953 bits per heavy atom. The van der Waals surface area contributed by atoms with Crippen LogP contribution in [0.2, 0.25) is 15.1 Å². The van der Waals surface area contributed by atoms with Gasteiger partial charge in [0.15, 0.2) is 0 Å². The number of carbonyl (C=O) groups is 2. The van der Waals surface area contributed by atoms with Crippen LogP contribution in [0.25, 0.3) is 0 Å². The number of nitrogens with one attached hydrogen (secondary N) is 1. The smallest absolute Gasteiger partial charge is 0.264 e. The first-order valence-electron chi connectivity index (χ1n) is 14.0. The Labute approximate surface area is 267 Å². The minimum absolute atomic E-state index is 0.0309. The summed E-state index contributed by atoms with van der Waals surface area (Å²) in [5.74, 6) is -0.423. The molecule has 1 atom stereocenters. The molecule has 1 saturated carbocycles. The van der Waals surface area contributed by atoms with Crippen molar-refractivity contribution in [2.75, 3.05) is 18.0 Å². The Bertz CT molecular complexity index is 1510. The van der Waals surface area contributed by atoms with Gasteiger partial charge in [-0.15, -0.1) is 0 Å². The van der Waals surface area contributed by atoms with E-state index in [4.69, 9.17) is 39.5 Å². The van der Waals surface area contributed by atoms with Gasteiger partial charge in [-0.1, -0.05) is 60.6 Å². The van der Waals surface area contributed by atoms with Crippen molar-refractivity contribution in [3.05, 3.63) is 87.4 Å². The van der Waals surface area contributed by atoms with Gasteiger partial charge in [-0.2, -0.15) is 0 Å². The number of halogens is 3. The Hall–Kier alpha value is -2.98. The fourth-order valence-electron chi connectivity index (χ4n) is 5.15. The van der Waals surface area contributed by atoms with Crippen LogP contribution in [0.15, 0.2) is 71.6 Å². The molecule has 12 heteroatoms. The number of amides is 2. The molecule has 1 fully saturated rings. The van der Waals surface area contributed by atoms with Gasteiger partial charge in [0.1, 0.15) is 18.3 Å². The lowest BCUT2D eigenvalue weighted by Crippen LogP contribution is -2.53. The third-order valence-electron chi connectivity index (χ3n) is 7.52. The Morgan fingerprint density at radius 2 is 1.56 bits per heavy atom. The maximum atomic E-state index is 14.2. The standard InChI is InChI=1S/C31H34Cl3N3O5S/c1-3-29(31(39)35-22-7-4-5-8-22)36(19-26-27(33)9-6-10-28(26)34)30(38)20-37(23-13-11-21(32)12-14-23)43(40,41)25-17-15-24(42-2)16-18-25/h6,9-18,22,29H,3-5,7-8,19-20H2,1-2H3,(H,35,39)/t29-/m1/s1.